The van der Waals surface area contributed by atoms with Gasteiger partial charge in [0.1, 0.15) is 5.75 Å². The summed E-state index contributed by atoms with van der Waals surface area (Å²) >= 11 is 3.45. The number of aliphatic hydroxyl groups excluding tert-OH is 1. The molecule has 0 bridgehead atoms. The number of nitrogens with one attached hydrogen (secondary N) is 1. The third-order valence-corrected chi connectivity index (χ3v) is 3.99. The molecule has 0 aromatic heterocycles. The average molecular weight is 314 g/mol. The van der Waals surface area contributed by atoms with Crippen LogP contribution >= 0.6 is 15.9 Å². The standard InChI is InChI=1S/C14H20BrNO2/c1-9-6-12(15)7-11(14(9)18)8-16-13(4-5-17)10-2-3-10/h6-7,10,13,16-18H,2-5,8H2,1H3. The van der Waals surface area contributed by atoms with Crippen molar-refractivity contribution in [3.05, 3.63) is 27.7 Å². The summed E-state index contributed by atoms with van der Waals surface area (Å²) in [6.07, 6.45) is 3.29. The summed E-state index contributed by atoms with van der Waals surface area (Å²) in [4.78, 5) is 0. The molecule has 0 amide bonds. The molecule has 1 aromatic carbocycles. The van der Waals surface area contributed by atoms with Crippen molar-refractivity contribution in [1.29, 1.82) is 0 Å². The molecule has 1 aromatic rings. The van der Waals surface area contributed by atoms with Crippen LogP contribution in [0.4, 0.5) is 0 Å². The van der Waals surface area contributed by atoms with E-state index >= 15 is 0 Å². The van der Waals surface area contributed by atoms with Gasteiger partial charge >= 0.3 is 0 Å². The second kappa shape index (κ2) is 6.04. The van der Waals surface area contributed by atoms with Crippen molar-refractivity contribution in [2.24, 2.45) is 5.92 Å². The van der Waals surface area contributed by atoms with Crippen molar-refractivity contribution in [2.75, 3.05) is 6.61 Å². The van der Waals surface area contributed by atoms with E-state index < -0.39 is 0 Å². The van der Waals surface area contributed by atoms with Gasteiger partial charge in [0.25, 0.3) is 0 Å². The number of halogens is 1. The Hall–Kier alpha value is -0.580. The molecule has 0 radical (unpaired) electrons. The predicted octanol–water partition coefficient (Wildman–Crippen LogP) is 2.71. The fraction of sp³-hybridized carbons (Fsp3) is 0.571. The van der Waals surface area contributed by atoms with Crippen molar-refractivity contribution < 1.29 is 10.2 Å². The molecule has 0 spiro atoms. The van der Waals surface area contributed by atoms with Crippen LogP contribution in [0, 0.1) is 12.8 Å². The molecule has 100 valence electrons. The van der Waals surface area contributed by atoms with Gasteiger partial charge in [0.2, 0.25) is 0 Å². The van der Waals surface area contributed by atoms with E-state index in [1.165, 1.54) is 12.8 Å². The van der Waals surface area contributed by atoms with E-state index in [1.54, 1.807) is 0 Å². The molecule has 18 heavy (non-hydrogen) atoms. The molecule has 0 heterocycles. The number of aliphatic hydroxyl groups is 1. The first-order valence-corrected chi connectivity index (χ1v) is 7.23. The Kier molecular flexibility index (Phi) is 4.65. The van der Waals surface area contributed by atoms with Gasteiger partial charge < -0.3 is 15.5 Å². The minimum absolute atomic E-state index is 0.220. The summed E-state index contributed by atoms with van der Waals surface area (Å²) in [6.45, 7) is 2.76. The van der Waals surface area contributed by atoms with Crippen molar-refractivity contribution in [3.8, 4) is 5.75 Å². The Bertz CT molecular complexity index is 419. The molecular weight excluding hydrogens is 294 g/mol. The van der Waals surface area contributed by atoms with Gasteiger partial charge in [0, 0.05) is 29.2 Å². The highest BCUT2D eigenvalue weighted by Crippen LogP contribution is 2.34. The zero-order valence-corrected chi connectivity index (χ0v) is 12.2. The first-order valence-electron chi connectivity index (χ1n) is 6.44. The van der Waals surface area contributed by atoms with Crippen LogP contribution in [0.1, 0.15) is 30.4 Å². The van der Waals surface area contributed by atoms with E-state index in [4.69, 9.17) is 5.11 Å². The maximum Gasteiger partial charge on any atom is 0.123 e. The third-order valence-electron chi connectivity index (χ3n) is 3.53. The Morgan fingerprint density at radius 2 is 2.17 bits per heavy atom. The lowest BCUT2D eigenvalue weighted by Gasteiger charge is -2.18. The molecule has 3 nitrogen and oxygen atoms in total. The summed E-state index contributed by atoms with van der Waals surface area (Å²) in [5, 5.41) is 22.5. The smallest absolute Gasteiger partial charge is 0.123 e. The zero-order valence-electron chi connectivity index (χ0n) is 10.6. The number of aryl methyl sites for hydroxylation is 1. The largest absolute Gasteiger partial charge is 0.507 e. The SMILES string of the molecule is Cc1cc(Br)cc(CNC(CCO)C2CC2)c1O. The topological polar surface area (TPSA) is 52.5 Å². The second-order valence-corrected chi connectivity index (χ2v) is 5.98. The highest BCUT2D eigenvalue weighted by molar-refractivity contribution is 9.10. The minimum Gasteiger partial charge on any atom is -0.507 e. The predicted molar refractivity (Wildman–Crippen MR) is 75.6 cm³/mol. The van der Waals surface area contributed by atoms with Crippen LogP contribution in [0.15, 0.2) is 16.6 Å². The Balaban J connectivity index is 2.00. The van der Waals surface area contributed by atoms with Crippen molar-refractivity contribution in [3.63, 3.8) is 0 Å². The molecule has 1 aliphatic rings. The van der Waals surface area contributed by atoms with E-state index in [9.17, 15) is 5.11 Å². The first-order chi connectivity index (χ1) is 8.61. The zero-order chi connectivity index (χ0) is 13.1. The summed E-state index contributed by atoms with van der Waals surface area (Å²) in [5.41, 5.74) is 1.79. The molecule has 1 saturated carbocycles. The van der Waals surface area contributed by atoms with Crippen LogP contribution in [0.5, 0.6) is 5.75 Å². The van der Waals surface area contributed by atoms with Gasteiger partial charge in [-0.1, -0.05) is 15.9 Å². The average Bonchev–Trinajstić information content (AvgIpc) is 3.14. The third kappa shape index (κ3) is 3.46. The summed E-state index contributed by atoms with van der Waals surface area (Å²) in [5.74, 6) is 1.07. The van der Waals surface area contributed by atoms with E-state index in [0.717, 1.165) is 22.0 Å². The van der Waals surface area contributed by atoms with Crippen LogP contribution in [-0.2, 0) is 6.54 Å². The molecule has 4 heteroatoms. The van der Waals surface area contributed by atoms with Crippen LogP contribution in [0.25, 0.3) is 0 Å². The number of rotatable bonds is 6. The Labute approximate surface area is 116 Å². The van der Waals surface area contributed by atoms with Gasteiger partial charge in [0.15, 0.2) is 0 Å². The second-order valence-electron chi connectivity index (χ2n) is 5.07. The molecule has 0 saturated heterocycles. The van der Waals surface area contributed by atoms with Gasteiger partial charge in [0.05, 0.1) is 0 Å². The van der Waals surface area contributed by atoms with Crippen LogP contribution in [-0.4, -0.2) is 22.9 Å². The molecule has 0 aliphatic heterocycles. The molecule has 2 rings (SSSR count). The normalized spacial score (nSPS) is 16.8. The lowest BCUT2D eigenvalue weighted by Crippen LogP contribution is -2.31. The van der Waals surface area contributed by atoms with E-state index in [-0.39, 0.29) is 6.61 Å². The van der Waals surface area contributed by atoms with Crippen LogP contribution in [0.2, 0.25) is 0 Å². The number of aromatic hydroxyl groups is 1. The van der Waals surface area contributed by atoms with Crippen molar-refractivity contribution in [2.45, 2.75) is 38.8 Å². The highest BCUT2D eigenvalue weighted by Gasteiger charge is 2.30. The summed E-state index contributed by atoms with van der Waals surface area (Å²) in [6, 6.07) is 4.22. The maximum atomic E-state index is 10.0. The quantitative estimate of drug-likeness (QED) is 0.757. The molecule has 1 atom stereocenters. The van der Waals surface area contributed by atoms with Crippen molar-refractivity contribution >= 4 is 15.9 Å². The maximum absolute atomic E-state index is 10.0. The lowest BCUT2D eigenvalue weighted by molar-refractivity contribution is 0.255. The minimum atomic E-state index is 0.220. The molecule has 1 aliphatic carbocycles. The van der Waals surface area contributed by atoms with Crippen LogP contribution in [0.3, 0.4) is 0 Å². The number of phenols is 1. The van der Waals surface area contributed by atoms with Gasteiger partial charge in [-0.15, -0.1) is 0 Å². The first kappa shape index (κ1) is 13.8. The molecule has 1 fully saturated rings. The van der Waals surface area contributed by atoms with Crippen molar-refractivity contribution in [1.82, 2.24) is 5.32 Å². The van der Waals surface area contributed by atoms with E-state index in [0.29, 0.717) is 24.3 Å². The van der Waals surface area contributed by atoms with Gasteiger partial charge in [-0.05, 0) is 49.8 Å². The molecule has 1 unspecified atom stereocenters. The Morgan fingerprint density at radius 1 is 1.44 bits per heavy atom. The van der Waals surface area contributed by atoms with Gasteiger partial charge in [-0.3, -0.25) is 0 Å². The van der Waals surface area contributed by atoms with E-state index in [2.05, 4.69) is 21.2 Å². The highest BCUT2D eigenvalue weighted by atomic mass is 79.9. The number of benzene rings is 1. The lowest BCUT2D eigenvalue weighted by atomic mass is 10.1. The summed E-state index contributed by atoms with van der Waals surface area (Å²) < 4.78 is 0.986. The van der Waals surface area contributed by atoms with Gasteiger partial charge in [-0.2, -0.15) is 0 Å². The monoisotopic (exact) mass is 313 g/mol. The molecular formula is C14H20BrNO2. The fourth-order valence-corrected chi connectivity index (χ4v) is 2.94. The number of hydrogen-bond donors (Lipinski definition) is 3. The number of phenolic OH excluding ortho intramolecular Hbond substituents is 1. The Morgan fingerprint density at radius 3 is 2.78 bits per heavy atom. The summed E-state index contributed by atoms with van der Waals surface area (Å²) in [7, 11) is 0. The number of hydrogen-bond acceptors (Lipinski definition) is 3. The fourth-order valence-electron chi connectivity index (χ4n) is 2.32. The molecule has 3 N–H and O–H groups in total. The van der Waals surface area contributed by atoms with E-state index in [1.807, 2.05) is 19.1 Å². The van der Waals surface area contributed by atoms with Crippen LogP contribution < -0.4 is 5.32 Å². The van der Waals surface area contributed by atoms with Gasteiger partial charge in [-0.25, -0.2) is 0 Å².